The lowest BCUT2D eigenvalue weighted by molar-refractivity contribution is -0.121. The molecule has 112 valence electrons. The van der Waals surface area contributed by atoms with Crippen molar-refractivity contribution in [2.24, 2.45) is 5.92 Å². The molecule has 3 nitrogen and oxygen atoms in total. The molecular formula is C16H26N2OS. The van der Waals surface area contributed by atoms with Gasteiger partial charge in [0.15, 0.2) is 0 Å². The molecule has 0 aliphatic heterocycles. The average molecular weight is 294 g/mol. The monoisotopic (exact) mass is 294 g/mol. The van der Waals surface area contributed by atoms with Crippen molar-refractivity contribution in [1.29, 1.82) is 0 Å². The molecule has 1 aliphatic carbocycles. The third-order valence-corrected chi connectivity index (χ3v) is 5.00. The van der Waals surface area contributed by atoms with Gasteiger partial charge in [-0.2, -0.15) is 11.3 Å². The molecule has 1 amide bonds. The Hall–Kier alpha value is -0.870. The van der Waals surface area contributed by atoms with Crippen molar-refractivity contribution in [3.63, 3.8) is 0 Å². The number of thiophene rings is 1. The molecule has 1 atom stereocenters. The van der Waals surface area contributed by atoms with E-state index in [1.165, 1.54) is 31.2 Å². The molecule has 0 aromatic carbocycles. The van der Waals surface area contributed by atoms with Crippen LogP contribution in [-0.4, -0.2) is 31.4 Å². The van der Waals surface area contributed by atoms with Gasteiger partial charge >= 0.3 is 0 Å². The highest BCUT2D eigenvalue weighted by molar-refractivity contribution is 7.07. The summed E-state index contributed by atoms with van der Waals surface area (Å²) in [5.41, 5.74) is 1.29. The molecule has 4 heteroatoms. The number of likely N-dealkylation sites (N-methyl/N-ethyl adjacent to an activating group) is 1. The molecule has 1 aromatic heterocycles. The number of carbonyl (C=O) groups is 1. The summed E-state index contributed by atoms with van der Waals surface area (Å²) in [7, 11) is 4.13. The average Bonchev–Trinajstić information content (AvgIpc) is 3.09. The molecule has 1 aliphatic rings. The summed E-state index contributed by atoms with van der Waals surface area (Å²) in [6.07, 6.45) is 7.11. The van der Waals surface area contributed by atoms with Gasteiger partial charge in [0.25, 0.3) is 0 Å². The van der Waals surface area contributed by atoms with Gasteiger partial charge in [-0.1, -0.05) is 25.7 Å². The van der Waals surface area contributed by atoms with E-state index in [-0.39, 0.29) is 11.9 Å². The second-order valence-electron chi connectivity index (χ2n) is 6.03. The lowest BCUT2D eigenvalue weighted by atomic mass is 10.0. The Morgan fingerprint density at radius 2 is 2.20 bits per heavy atom. The van der Waals surface area contributed by atoms with Crippen LogP contribution in [0.2, 0.25) is 0 Å². The second kappa shape index (κ2) is 7.79. The maximum absolute atomic E-state index is 12.0. The highest BCUT2D eigenvalue weighted by atomic mass is 32.1. The van der Waals surface area contributed by atoms with Crippen molar-refractivity contribution in [2.75, 3.05) is 20.6 Å². The Kier molecular flexibility index (Phi) is 6.05. The van der Waals surface area contributed by atoms with Crippen LogP contribution >= 0.6 is 11.3 Å². The largest absolute Gasteiger partial charge is 0.354 e. The smallest absolute Gasteiger partial charge is 0.220 e. The maximum Gasteiger partial charge on any atom is 0.220 e. The number of nitrogens with zero attached hydrogens (tertiary/aromatic N) is 1. The van der Waals surface area contributed by atoms with Gasteiger partial charge in [-0.3, -0.25) is 4.79 Å². The van der Waals surface area contributed by atoms with E-state index in [0.29, 0.717) is 13.0 Å². The van der Waals surface area contributed by atoms with Gasteiger partial charge in [0.2, 0.25) is 5.91 Å². The Bertz CT molecular complexity index is 397. The molecule has 1 aromatic rings. The summed E-state index contributed by atoms with van der Waals surface area (Å²) in [4.78, 5) is 14.1. The van der Waals surface area contributed by atoms with Gasteiger partial charge in [-0.15, -0.1) is 0 Å². The summed E-state index contributed by atoms with van der Waals surface area (Å²) in [5, 5.41) is 7.35. The van der Waals surface area contributed by atoms with E-state index in [4.69, 9.17) is 0 Å². The fourth-order valence-corrected chi connectivity index (χ4v) is 3.70. The van der Waals surface area contributed by atoms with Crippen LogP contribution in [0.15, 0.2) is 16.8 Å². The molecule has 0 spiro atoms. The number of carbonyl (C=O) groups excluding carboxylic acids is 1. The van der Waals surface area contributed by atoms with Crippen LogP contribution in [0.5, 0.6) is 0 Å². The molecule has 1 heterocycles. The van der Waals surface area contributed by atoms with E-state index in [0.717, 1.165) is 12.3 Å². The van der Waals surface area contributed by atoms with Crippen LogP contribution < -0.4 is 5.32 Å². The minimum absolute atomic E-state index is 0.207. The lowest BCUT2D eigenvalue weighted by Gasteiger charge is -2.24. The highest BCUT2D eigenvalue weighted by Crippen LogP contribution is 2.28. The first-order valence-corrected chi connectivity index (χ1v) is 8.56. The minimum atomic E-state index is 0.207. The molecule has 1 saturated carbocycles. The normalized spacial score (nSPS) is 17.6. The quantitative estimate of drug-likeness (QED) is 0.835. The van der Waals surface area contributed by atoms with Gasteiger partial charge < -0.3 is 10.2 Å². The Labute approximate surface area is 126 Å². The molecule has 20 heavy (non-hydrogen) atoms. The fraction of sp³-hybridized carbons (Fsp3) is 0.688. The maximum atomic E-state index is 12.0. The summed E-state index contributed by atoms with van der Waals surface area (Å²) < 4.78 is 0. The first kappa shape index (κ1) is 15.5. The molecular weight excluding hydrogens is 268 g/mol. The molecule has 1 fully saturated rings. The van der Waals surface area contributed by atoms with Gasteiger partial charge in [0.1, 0.15) is 0 Å². The molecule has 0 bridgehead atoms. The van der Waals surface area contributed by atoms with E-state index in [9.17, 15) is 4.79 Å². The van der Waals surface area contributed by atoms with Crippen LogP contribution in [0.25, 0.3) is 0 Å². The van der Waals surface area contributed by atoms with Crippen molar-refractivity contribution in [3.05, 3.63) is 22.4 Å². The van der Waals surface area contributed by atoms with E-state index in [2.05, 4.69) is 41.1 Å². The number of rotatable bonds is 7. The zero-order valence-electron chi connectivity index (χ0n) is 12.6. The first-order valence-electron chi connectivity index (χ1n) is 7.62. The summed E-state index contributed by atoms with van der Waals surface area (Å²) >= 11 is 1.71. The van der Waals surface area contributed by atoms with E-state index >= 15 is 0 Å². The number of hydrogen-bond donors (Lipinski definition) is 1. The predicted octanol–water partition coefficient (Wildman–Crippen LogP) is 3.44. The molecule has 1 unspecified atom stereocenters. The fourth-order valence-electron chi connectivity index (χ4n) is 3.00. The summed E-state index contributed by atoms with van der Waals surface area (Å²) in [5.74, 6) is 1.00. The third-order valence-electron chi connectivity index (χ3n) is 4.30. The van der Waals surface area contributed by atoms with Crippen molar-refractivity contribution in [2.45, 2.75) is 44.6 Å². The zero-order chi connectivity index (χ0) is 14.4. The molecule has 2 rings (SSSR count). The van der Waals surface area contributed by atoms with E-state index in [1.807, 2.05) is 0 Å². The Balaban J connectivity index is 1.73. The number of hydrogen-bond acceptors (Lipinski definition) is 3. The van der Waals surface area contributed by atoms with Gasteiger partial charge in [-0.25, -0.2) is 0 Å². The lowest BCUT2D eigenvalue weighted by Crippen LogP contribution is -2.34. The standard InChI is InChI=1S/C16H26N2OS/c1-18(2)15(14-9-10-20-12-14)11-17-16(19)8-7-13-5-3-4-6-13/h9-10,12-13,15H,3-8,11H2,1-2H3,(H,17,19). The van der Waals surface area contributed by atoms with Gasteiger partial charge in [0.05, 0.1) is 6.04 Å². The predicted molar refractivity (Wildman–Crippen MR) is 84.9 cm³/mol. The van der Waals surface area contributed by atoms with E-state index in [1.54, 1.807) is 11.3 Å². The number of nitrogens with one attached hydrogen (secondary N) is 1. The molecule has 0 radical (unpaired) electrons. The topological polar surface area (TPSA) is 32.3 Å². The first-order chi connectivity index (χ1) is 9.66. The number of amides is 1. The second-order valence-corrected chi connectivity index (χ2v) is 6.81. The van der Waals surface area contributed by atoms with Crippen LogP contribution in [0.1, 0.15) is 50.1 Å². The van der Waals surface area contributed by atoms with Crippen LogP contribution in [0.4, 0.5) is 0 Å². The van der Waals surface area contributed by atoms with Gasteiger partial charge in [-0.05, 0) is 48.8 Å². The zero-order valence-corrected chi connectivity index (χ0v) is 13.4. The highest BCUT2D eigenvalue weighted by Gasteiger charge is 2.18. The summed E-state index contributed by atoms with van der Waals surface area (Å²) in [6, 6.07) is 2.41. The Morgan fingerprint density at radius 3 is 2.80 bits per heavy atom. The van der Waals surface area contributed by atoms with Crippen molar-refractivity contribution >= 4 is 17.2 Å². The van der Waals surface area contributed by atoms with E-state index < -0.39 is 0 Å². The van der Waals surface area contributed by atoms with Crippen molar-refractivity contribution < 1.29 is 4.79 Å². The van der Waals surface area contributed by atoms with Crippen LogP contribution in [0.3, 0.4) is 0 Å². The van der Waals surface area contributed by atoms with Crippen LogP contribution in [0, 0.1) is 5.92 Å². The summed E-state index contributed by atoms with van der Waals surface area (Å²) in [6.45, 7) is 0.702. The van der Waals surface area contributed by atoms with Crippen molar-refractivity contribution in [3.8, 4) is 0 Å². The third kappa shape index (κ3) is 4.60. The molecule has 1 N–H and O–H groups in total. The van der Waals surface area contributed by atoms with Crippen LogP contribution in [-0.2, 0) is 4.79 Å². The van der Waals surface area contributed by atoms with Crippen molar-refractivity contribution in [1.82, 2.24) is 10.2 Å². The Morgan fingerprint density at radius 1 is 1.45 bits per heavy atom. The van der Waals surface area contributed by atoms with Gasteiger partial charge in [0, 0.05) is 13.0 Å². The minimum Gasteiger partial charge on any atom is -0.354 e. The SMILES string of the molecule is CN(C)C(CNC(=O)CCC1CCCC1)c1ccsc1. The molecule has 0 saturated heterocycles.